The van der Waals surface area contributed by atoms with E-state index in [1.165, 1.54) is 70.6 Å². The van der Waals surface area contributed by atoms with E-state index in [-0.39, 0.29) is 19.1 Å². The van der Waals surface area contributed by atoms with Gasteiger partial charge in [-0.2, -0.15) is 0 Å². The Labute approximate surface area is 332 Å². The summed E-state index contributed by atoms with van der Waals surface area (Å²) in [6, 6.07) is -0.885. The Morgan fingerprint density at radius 3 is 1.61 bits per heavy atom. The highest BCUT2D eigenvalue weighted by molar-refractivity contribution is 7.45. The predicted molar refractivity (Wildman–Crippen MR) is 228 cm³/mol. The van der Waals surface area contributed by atoms with Crippen molar-refractivity contribution in [3.63, 3.8) is 0 Å². The maximum Gasteiger partial charge on any atom is 0.268 e. The SMILES string of the molecule is CC/C=C\C/C=C\C/C=C\C/C=C\C/C=C\CCCCCCCCCCCCCCCC(=O)NC(COP(=O)([O-])OCC[N+](C)(C)C)C(O)/C=C/CCC. The first kappa shape index (κ1) is 51.9. The zero-order chi connectivity index (χ0) is 40.0. The Morgan fingerprint density at radius 2 is 1.13 bits per heavy atom. The highest BCUT2D eigenvalue weighted by Gasteiger charge is 2.23. The first-order chi connectivity index (χ1) is 26.0. The van der Waals surface area contributed by atoms with Crippen LogP contribution in [0.4, 0.5) is 0 Å². The minimum atomic E-state index is -4.56. The number of allylic oxidation sites excluding steroid dienone is 11. The van der Waals surface area contributed by atoms with E-state index in [0.717, 1.165) is 64.2 Å². The van der Waals surface area contributed by atoms with Gasteiger partial charge in [-0.3, -0.25) is 9.36 Å². The molecule has 2 N–H and O–H groups in total. The van der Waals surface area contributed by atoms with Crippen molar-refractivity contribution >= 4 is 13.7 Å². The summed E-state index contributed by atoms with van der Waals surface area (Å²) in [5.41, 5.74) is 0. The van der Waals surface area contributed by atoms with Gasteiger partial charge in [0.05, 0.1) is 39.9 Å². The molecule has 0 aliphatic rings. The standard InChI is InChI=1S/C45H81N2O6P/c1-6-8-10-11-12-13-14-15-16-17-18-19-20-21-22-23-24-25-26-27-28-29-30-31-32-33-34-35-37-39-45(49)46-43(44(48)38-36-9-7-2)42-53-54(50,51)52-41-40-47(3,4)5/h8,10,12-13,15-16,18-19,21-22,36,38,43-44,48H,6-7,9,11,14,17,20,23-35,37,39-42H2,1-5H3,(H-,46,49,50,51)/b10-8-,13-12-,16-15-,19-18-,22-21-,38-36+. The van der Waals surface area contributed by atoms with Crippen LogP contribution in [-0.2, 0) is 18.4 Å². The van der Waals surface area contributed by atoms with Gasteiger partial charge in [0.2, 0.25) is 5.91 Å². The van der Waals surface area contributed by atoms with Crippen LogP contribution in [0.1, 0.15) is 155 Å². The smallest absolute Gasteiger partial charge is 0.268 e. The fourth-order valence-electron chi connectivity index (χ4n) is 5.54. The maximum absolute atomic E-state index is 12.7. The van der Waals surface area contributed by atoms with E-state index in [1.54, 1.807) is 6.08 Å². The average molecular weight is 777 g/mol. The Bertz CT molecular complexity index is 1110. The van der Waals surface area contributed by atoms with E-state index >= 15 is 0 Å². The fourth-order valence-corrected chi connectivity index (χ4v) is 6.26. The summed E-state index contributed by atoms with van der Waals surface area (Å²) in [6.45, 7) is 4.29. The van der Waals surface area contributed by atoms with Crippen LogP contribution in [0, 0.1) is 0 Å². The number of carbonyl (C=O) groups is 1. The Balaban J connectivity index is 3.88. The largest absolute Gasteiger partial charge is 0.756 e. The molecule has 3 unspecified atom stereocenters. The molecule has 9 heteroatoms. The van der Waals surface area contributed by atoms with Gasteiger partial charge in [-0.1, -0.05) is 164 Å². The number of hydrogen-bond acceptors (Lipinski definition) is 6. The molecule has 0 fully saturated rings. The number of likely N-dealkylation sites (N-methyl/N-ethyl adjacent to an activating group) is 1. The van der Waals surface area contributed by atoms with Gasteiger partial charge in [0, 0.05) is 6.42 Å². The van der Waals surface area contributed by atoms with Gasteiger partial charge >= 0.3 is 0 Å². The van der Waals surface area contributed by atoms with Crippen LogP contribution in [0.5, 0.6) is 0 Å². The number of amides is 1. The molecule has 312 valence electrons. The zero-order valence-electron chi connectivity index (χ0n) is 35.1. The van der Waals surface area contributed by atoms with Crippen molar-refractivity contribution in [2.24, 2.45) is 0 Å². The number of aliphatic hydroxyl groups excluding tert-OH is 1. The summed E-state index contributed by atoms with van der Waals surface area (Å²) in [6.07, 6.45) is 49.1. The van der Waals surface area contributed by atoms with Crippen molar-refractivity contribution < 1.29 is 32.9 Å². The first-order valence-electron chi connectivity index (χ1n) is 21.3. The summed E-state index contributed by atoms with van der Waals surface area (Å²) in [5.74, 6) is -0.215. The molecule has 0 aliphatic heterocycles. The van der Waals surface area contributed by atoms with E-state index in [4.69, 9.17) is 9.05 Å². The monoisotopic (exact) mass is 777 g/mol. The topological polar surface area (TPSA) is 108 Å². The van der Waals surface area contributed by atoms with Gasteiger partial charge in [-0.25, -0.2) is 0 Å². The molecular weight excluding hydrogens is 695 g/mol. The van der Waals surface area contributed by atoms with Crippen molar-refractivity contribution in [3.05, 3.63) is 72.9 Å². The van der Waals surface area contributed by atoms with Crippen LogP contribution in [0.15, 0.2) is 72.9 Å². The lowest BCUT2D eigenvalue weighted by Crippen LogP contribution is -2.45. The summed E-state index contributed by atoms with van der Waals surface area (Å²) in [5, 5.41) is 13.4. The summed E-state index contributed by atoms with van der Waals surface area (Å²) < 4.78 is 22.8. The number of unbranched alkanes of at least 4 members (excludes halogenated alkanes) is 14. The fraction of sp³-hybridized carbons (Fsp3) is 0.711. The van der Waals surface area contributed by atoms with Gasteiger partial charge in [-0.05, 0) is 57.8 Å². The third-order valence-corrected chi connectivity index (χ3v) is 9.87. The van der Waals surface area contributed by atoms with Crippen LogP contribution >= 0.6 is 7.82 Å². The number of quaternary nitrogens is 1. The molecule has 0 rings (SSSR count). The maximum atomic E-state index is 12.7. The van der Waals surface area contributed by atoms with Crippen molar-refractivity contribution in [2.75, 3.05) is 40.9 Å². The van der Waals surface area contributed by atoms with E-state index in [2.05, 4.69) is 73.0 Å². The van der Waals surface area contributed by atoms with Gasteiger partial charge in [-0.15, -0.1) is 0 Å². The molecule has 0 aromatic rings. The molecule has 0 bridgehead atoms. The van der Waals surface area contributed by atoms with Crippen molar-refractivity contribution in [1.29, 1.82) is 0 Å². The molecular formula is C45H81N2O6P. The van der Waals surface area contributed by atoms with E-state index in [9.17, 15) is 19.4 Å². The molecule has 0 heterocycles. The van der Waals surface area contributed by atoms with E-state index < -0.39 is 20.0 Å². The van der Waals surface area contributed by atoms with Crippen LogP contribution in [0.25, 0.3) is 0 Å². The molecule has 0 aromatic heterocycles. The molecule has 0 aromatic carbocycles. The number of rotatable bonds is 37. The highest BCUT2D eigenvalue weighted by Crippen LogP contribution is 2.38. The van der Waals surface area contributed by atoms with Crippen molar-refractivity contribution in [2.45, 2.75) is 167 Å². The van der Waals surface area contributed by atoms with Crippen molar-refractivity contribution in [1.82, 2.24) is 5.32 Å². The number of phosphoric acid groups is 1. The van der Waals surface area contributed by atoms with Crippen LogP contribution in [-0.4, -0.2) is 68.5 Å². The number of nitrogens with zero attached hydrogens (tertiary/aromatic N) is 1. The van der Waals surface area contributed by atoms with Gasteiger partial charge in [0.15, 0.2) is 0 Å². The van der Waals surface area contributed by atoms with Crippen LogP contribution in [0.3, 0.4) is 0 Å². The predicted octanol–water partition coefficient (Wildman–Crippen LogP) is 11.0. The molecule has 3 atom stereocenters. The minimum Gasteiger partial charge on any atom is -0.756 e. The second-order valence-electron chi connectivity index (χ2n) is 15.3. The summed E-state index contributed by atoms with van der Waals surface area (Å²) in [4.78, 5) is 24.9. The summed E-state index contributed by atoms with van der Waals surface area (Å²) in [7, 11) is 1.24. The third-order valence-electron chi connectivity index (χ3n) is 8.90. The van der Waals surface area contributed by atoms with E-state index in [0.29, 0.717) is 17.4 Å². The van der Waals surface area contributed by atoms with Crippen LogP contribution in [0.2, 0.25) is 0 Å². The molecule has 0 saturated heterocycles. The van der Waals surface area contributed by atoms with E-state index in [1.807, 2.05) is 34.1 Å². The lowest BCUT2D eigenvalue weighted by Gasteiger charge is -2.29. The molecule has 0 saturated carbocycles. The lowest BCUT2D eigenvalue weighted by atomic mass is 10.0. The first-order valence-corrected chi connectivity index (χ1v) is 22.8. The average Bonchev–Trinajstić information content (AvgIpc) is 3.12. The van der Waals surface area contributed by atoms with Gasteiger partial charge < -0.3 is 28.8 Å². The molecule has 8 nitrogen and oxygen atoms in total. The second kappa shape index (κ2) is 36.6. The number of nitrogens with one attached hydrogen (secondary N) is 1. The Kier molecular flexibility index (Phi) is 35.2. The molecule has 1 amide bonds. The van der Waals surface area contributed by atoms with Crippen LogP contribution < -0.4 is 10.2 Å². The number of carbonyl (C=O) groups excluding carboxylic acids is 1. The second-order valence-corrected chi connectivity index (χ2v) is 16.7. The lowest BCUT2D eigenvalue weighted by molar-refractivity contribution is -0.870. The Hall–Kier alpha value is -2.06. The van der Waals surface area contributed by atoms with Gasteiger partial charge in [0.25, 0.3) is 7.82 Å². The molecule has 0 aliphatic carbocycles. The molecule has 0 radical (unpaired) electrons. The molecule has 0 spiro atoms. The highest BCUT2D eigenvalue weighted by atomic mass is 31.2. The number of phosphoric ester groups is 1. The number of hydrogen-bond donors (Lipinski definition) is 2. The van der Waals surface area contributed by atoms with Crippen molar-refractivity contribution in [3.8, 4) is 0 Å². The zero-order valence-corrected chi connectivity index (χ0v) is 36.0. The van der Waals surface area contributed by atoms with Gasteiger partial charge in [0.1, 0.15) is 13.2 Å². The Morgan fingerprint density at radius 1 is 0.667 bits per heavy atom. The quantitative estimate of drug-likeness (QED) is 0.0281. The molecule has 54 heavy (non-hydrogen) atoms. The number of aliphatic hydroxyl groups is 1. The minimum absolute atomic E-state index is 0.00578. The normalized spacial score (nSPS) is 15.2. The third kappa shape index (κ3) is 38.2. The summed E-state index contributed by atoms with van der Waals surface area (Å²) >= 11 is 0.